The van der Waals surface area contributed by atoms with Crippen molar-refractivity contribution in [1.82, 2.24) is 4.98 Å². The minimum Gasteiger partial charge on any atom is -0.494 e. The maximum atomic E-state index is 12.0. The summed E-state index contributed by atoms with van der Waals surface area (Å²) in [7, 11) is -3.49. The van der Waals surface area contributed by atoms with Gasteiger partial charge in [-0.15, -0.1) is 0 Å². The van der Waals surface area contributed by atoms with E-state index in [0.29, 0.717) is 39.1 Å². The molecule has 0 saturated carbocycles. The highest BCUT2D eigenvalue weighted by Gasteiger charge is 2.20. The summed E-state index contributed by atoms with van der Waals surface area (Å²) in [5, 5.41) is 22.3. The second-order valence-corrected chi connectivity index (χ2v) is 9.23. The molecule has 9 nitrogen and oxygen atoms in total. The van der Waals surface area contributed by atoms with Crippen molar-refractivity contribution < 1.29 is 18.4 Å². The lowest BCUT2D eigenvalue weighted by molar-refractivity contribution is -0.384. The molecule has 3 aromatic carbocycles. The number of hydrogen-bond donors (Lipinski definition) is 3. The predicted octanol–water partition coefficient (Wildman–Crippen LogP) is 4.71. The monoisotopic (exact) mass is 464 g/mol. The number of aromatic amines is 1. The van der Waals surface area contributed by atoms with E-state index >= 15 is 0 Å². The molecule has 0 bridgehead atoms. The van der Waals surface area contributed by atoms with Gasteiger partial charge in [0.1, 0.15) is 0 Å². The second-order valence-electron chi connectivity index (χ2n) is 7.21. The Morgan fingerprint density at radius 2 is 1.79 bits per heavy atom. The van der Waals surface area contributed by atoms with Gasteiger partial charge in [0.2, 0.25) is 10.0 Å². The minimum atomic E-state index is -3.49. The standard InChI is InChI=1S/C23H20N4O5S/c1-2-33(31,32)26-17-10-13-20-19(14-17)21(23(28)25-20)22(15-6-4-3-5-7-15)24-16-8-11-18(12-9-16)27(29)30/h3-14,25-26,28H,2H2,1H3. The fraction of sp³-hybridized carbons (Fsp3) is 0.0870. The first kappa shape index (κ1) is 22.0. The van der Waals surface area contributed by atoms with Crippen LogP contribution in [0.2, 0.25) is 0 Å². The average Bonchev–Trinajstić information content (AvgIpc) is 3.13. The molecule has 33 heavy (non-hydrogen) atoms. The number of hydrogen-bond acceptors (Lipinski definition) is 6. The molecule has 0 spiro atoms. The van der Waals surface area contributed by atoms with Gasteiger partial charge in [0, 0.05) is 34.3 Å². The maximum Gasteiger partial charge on any atom is 0.269 e. The van der Waals surface area contributed by atoms with E-state index in [-0.39, 0.29) is 17.3 Å². The Hall–Kier alpha value is -4.18. The average molecular weight is 465 g/mol. The lowest BCUT2D eigenvalue weighted by Gasteiger charge is -2.09. The van der Waals surface area contributed by atoms with Crippen molar-refractivity contribution in [3.8, 4) is 5.88 Å². The second kappa shape index (κ2) is 8.75. The number of nitrogens with one attached hydrogen (secondary N) is 2. The van der Waals surface area contributed by atoms with Crippen molar-refractivity contribution in [2.24, 2.45) is 4.99 Å². The highest BCUT2D eigenvalue weighted by Crippen LogP contribution is 2.33. The van der Waals surface area contributed by atoms with Crippen molar-refractivity contribution >= 4 is 43.7 Å². The van der Waals surface area contributed by atoms with Crippen LogP contribution in [-0.4, -0.2) is 34.9 Å². The molecule has 0 saturated heterocycles. The molecule has 0 aliphatic carbocycles. The molecule has 1 aromatic heterocycles. The zero-order chi connectivity index (χ0) is 23.6. The first-order chi connectivity index (χ1) is 15.8. The van der Waals surface area contributed by atoms with Gasteiger partial charge in [-0.3, -0.25) is 14.8 Å². The van der Waals surface area contributed by atoms with Crippen LogP contribution in [0.25, 0.3) is 10.9 Å². The molecule has 10 heteroatoms. The Balaban J connectivity index is 1.91. The quantitative estimate of drug-likeness (QED) is 0.207. The topological polar surface area (TPSA) is 138 Å². The van der Waals surface area contributed by atoms with E-state index in [0.717, 1.165) is 0 Å². The van der Waals surface area contributed by atoms with Crippen LogP contribution in [0.5, 0.6) is 5.88 Å². The molecule has 0 atom stereocenters. The highest BCUT2D eigenvalue weighted by atomic mass is 32.2. The van der Waals surface area contributed by atoms with Gasteiger partial charge in [-0.25, -0.2) is 13.4 Å². The van der Waals surface area contributed by atoms with Crippen LogP contribution < -0.4 is 4.72 Å². The lowest BCUT2D eigenvalue weighted by atomic mass is 10.0. The van der Waals surface area contributed by atoms with Crippen LogP contribution in [0, 0.1) is 10.1 Å². The molecular formula is C23H20N4O5S. The van der Waals surface area contributed by atoms with Gasteiger partial charge in [0.15, 0.2) is 5.88 Å². The summed E-state index contributed by atoms with van der Waals surface area (Å²) in [6.07, 6.45) is 0. The van der Waals surface area contributed by atoms with E-state index in [1.165, 1.54) is 24.3 Å². The number of nitrogens with zero attached hydrogens (tertiary/aromatic N) is 2. The van der Waals surface area contributed by atoms with E-state index in [1.54, 1.807) is 25.1 Å². The zero-order valence-electron chi connectivity index (χ0n) is 17.5. The van der Waals surface area contributed by atoms with Crippen molar-refractivity contribution in [2.75, 3.05) is 10.5 Å². The summed E-state index contributed by atoms with van der Waals surface area (Å²) in [5.41, 5.74) is 2.85. The van der Waals surface area contributed by atoms with Crippen LogP contribution in [0.15, 0.2) is 77.8 Å². The van der Waals surface area contributed by atoms with Crippen molar-refractivity contribution in [1.29, 1.82) is 0 Å². The molecule has 0 amide bonds. The Morgan fingerprint density at radius 1 is 1.09 bits per heavy atom. The summed E-state index contributed by atoms with van der Waals surface area (Å²) in [4.78, 5) is 18.1. The van der Waals surface area contributed by atoms with Crippen LogP contribution in [0.4, 0.5) is 17.1 Å². The molecule has 4 rings (SSSR count). The molecule has 0 radical (unpaired) electrons. The SMILES string of the molecule is CCS(=O)(=O)Nc1ccc2[nH]c(O)c(C(=Nc3ccc([N+](=O)[O-])cc3)c3ccccc3)c2c1. The van der Waals surface area contributed by atoms with E-state index in [9.17, 15) is 23.6 Å². The van der Waals surface area contributed by atoms with Crippen molar-refractivity contribution in [2.45, 2.75) is 6.92 Å². The summed E-state index contributed by atoms with van der Waals surface area (Å²) < 4.78 is 26.6. The number of nitro benzene ring substituents is 1. The summed E-state index contributed by atoms with van der Waals surface area (Å²) in [5.74, 6) is -0.210. The fourth-order valence-electron chi connectivity index (χ4n) is 3.37. The van der Waals surface area contributed by atoms with Gasteiger partial charge in [0.25, 0.3) is 5.69 Å². The van der Waals surface area contributed by atoms with Crippen LogP contribution >= 0.6 is 0 Å². The summed E-state index contributed by atoms with van der Waals surface area (Å²) >= 11 is 0. The molecule has 0 aliphatic rings. The molecule has 168 valence electrons. The first-order valence-electron chi connectivity index (χ1n) is 10.0. The number of aromatic hydroxyl groups is 1. The first-order valence-corrected chi connectivity index (χ1v) is 11.7. The minimum absolute atomic E-state index is 0.0574. The van der Waals surface area contributed by atoms with Gasteiger partial charge in [0.05, 0.1) is 27.6 Å². The van der Waals surface area contributed by atoms with Gasteiger partial charge in [-0.2, -0.15) is 0 Å². The third-order valence-corrected chi connectivity index (χ3v) is 6.32. The largest absolute Gasteiger partial charge is 0.494 e. The summed E-state index contributed by atoms with van der Waals surface area (Å²) in [6, 6.07) is 19.8. The zero-order valence-corrected chi connectivity index (χ0v) is 18.3. The van der Waals surface area contributed by atoms with E-state index in [1.807, 2.05) is 30.3 Å². The number of sulfonamides is 1. The number of nitro groups is 1. The van der Waals surface area contributed by atoms with E-state index in [2.05, 4.69) is 14.7 Å². The van der Waals surface area contributed by atoms with Gasteiger partial charge in [-0.1, -0.05) is 30.3 Å². The van der Waals surface area contributed by atoms with Crippen molar-refractivity contribution in [3.63, 3.8) is 0 Å². The molecule has 3 N–H and O–H groups in total. The van der Waals surface area contributed by atoms with Gasteiger partial charge >= 0.3 is 0 Å². The fourth-order valence-corrected chi connectivity index (χ4v) is 4.00. The number of non-ortho nitro benzene ring substituents is 1. The van der Waals surface area contributed by atoms with Crippen LogP contribution in [0.3, 0.4) is 0 Å². The predicted molar refractivity (Wildman–Crippen MR) is 128 cm³/mol. The molecule has 0 aliphatic heterocycles. The van der Waals surface area contributed by atoms with Crippen LogP contribution in [-0.2, 0) is 10.0 Å². The number of aliphatic imine (C=N–C) groups is 1. The smallest absolute Gasteiger partial charge is 0.269 e. The third kappa shape index (κ3) is 4.70. The van der Waals surface area contributed by atoms with E-state index in [4.69, 9.17) is 0 Å². The number of rotatable bonds is 7. The summed E-state index contributed by atoms with van der Waals surface area (Å²) in [6.45, 7) is 1.54. The van der Waals surface area contributed by atoms with Crippen LogP contribution in [0.1, 0.15) is 18.1 Å². The Labute approximate surface area is 189 Å². The van der Waals surface area contributed by atoms with E-state index < -0.39 is 14.9 Å². The number of aromatic nitrogens is 1. The third-order valence-electron chi connectivity index (χ3n) is 5.02. The van der Waals surface area contributed by atoms with Gasteiger partial charge < -0.3 is 10.1 Å². The number of anilines is 1. The molecule has 1 heterocycles. The molecule has 0 unspecified atom stereocenters. The Bertz CT molecular complexity index is 1460. The van der Waals surface area contributed by atoms with Gasteiger partial charge in [-0.05, 0) is 37.3 Å². The van der Waals surface area contributed by atoms with Crippen molar-refractivity contribution in [3.05, 3.63) is 94.0 Å². The normalized spacial score (nSPS) is 12.1. The Kier molecular flexibility index (Phi) is 5.84. The maximum absolute atomic E-state index is 12.0. The molecular weight excluding hydrogens is 444 g/mol. The molecule has 4 aromatic rings. The number of fused-ring (bicyclic) bond motifs is 1. The number of H-pyrrole nitrogens is 1. The Morgan fingerprint density at radius 3 is 2.42 bits per heavy atom. The molecule has 0 fully saturated rings. The number of benzene rings is 3. The highest BCUT2D eigenvalue weighted by molar-refractivity contribution is 7.92. The lowest BCUT2D eigenvalue weighted by Crippen LogP contribution is -2.14.